The van der Waals surface area contributed by atoms with E-state index in [4.69, 9.17) is 38.0 Å². The molecule has 2 bridgehead atoms. The predicted octanol–water partition coefficient (Wildman–Crippen LogP) is 4.58. The van der Waals surface area contributed by atoms with Gasteiger partial charge in [-0.1, -0.05) is 24.6 Å². The lowest BCUT2D eigenvalue weighted by Gasteiger charge is -2.56. The van der Waals surface area contributed by atoms with E-state index >= 15 is 0 Å². The van der Waals surface area contributed by atoms with Gasteiger partial charge in [0.15, 0.2) is 22.3 Å². The molecule has 29 heavy (non-hydrogen) atoms. The Kier molecular flexibility index (Phi) is 5.25. The molecule has 0 amide bonds. The highest BCUT2D eigenvalue weighted by Gasteiger charge is 2.53. The summed E-state index contributed by atoms with van der Waals surface area (Å²) in [6, 6.07) is 11.8. The Bertz CT molecular complexity index is 954. The minimum atomic E-state index is -0.537. The summed E-state index contributed by atoms with van der Waals surface area (Å²) in [5.41, 5.74) is 1.67. The molecular formula is C22H25ClN2O3S. The van der Waals surface area contributed by atoms with Crippen molar-refractivity contribution in [3.8, 4) is 17.2 Å². The average Bonchev–Trinajstić information content (AvgIpc) is 2.71. The Morgan fingerprint density at radius 3 is 2.66 bits per heavy atom. The SMILES string of the molecule is COc1ccc(CCN2C(=S)N[C@H]3c4cc(Cl)ccc4O[C@@]2(C)[C@H]3C)cc1OC. The molecule has 1 saturated heterocycles. The number of ether oxygens (including phenoxy) is 3. The molecule has 7 heteroatoms. The summed E-state index contributed by atoms with van der Waals surface area (Å²) in [7, 11) is 3.28. The molecule has 0 aromatic heterocycles. The van der Waals surface area contributed by atoms with E-state index in [1.54, 1.807) is 14.2 Å². The first-order valence-corrected chi connectivity index (χ1v) is 10.4. The van der Waals surface area contributed by atoms with Gasteiger partial charge in [0, 0.05) is 23.0 Å². The minimum absolute atomic E-state index is 0.0762. The maximum atomic E-state index is 6.51. The Morgan fingerprint density at radius 2 is 1.93 bits per heavy atom. The third-order valence-electron chi connectivity index (χ3n) is 6.10. The van der Waals surface area contributed by atoms with E-state index in [0.29, 0.717) is 10.1 Å². The Labute approximate surface area is 181 Å². The molecule has 154 valence electrons. The van der Waals surface area contributed by atoms with Gasteiger partial charge in [0.25, 0.3) is 0 Å². The second-order valence-corrected chi connectivity index (χ2v) is 8.47. The van der Waals surface area contributed by atoms with Crippen molar-refractivity contribution in [2.75, 3.05) is 20.8 Å². The smallest absolute Gasteiger partial charge is 0.186 e. The molecule has 1 N–H and O–H groups in total. The van der Waals surface area contributed by atoms with Crippen molar-refractivity contribution < 1.29 is 14.2 Å². The van der Waals surface area contributed by atoms with Crippen LogP contribution >= 0.6 is 23.8 Å². The number of hydrogen-bond donors (Lipinski definition) is 1. The Morgan fingerprint density at radius 1 is 1.17 bits per heavy atom. The summed E-state index contributed by atoms with van der Waals surface area (Å²) < 4.78 is 17.3. The van der Waals surface area contributed by atoms with Crippen LogP contribution in [-0.2, 0) is 6.42 Å². The third-order valence-corrected chi connectivity index (χ3v) is 6.67. The fourth-order valence-electron chi connectivity index (χ4n) is 4.27. The largest absolute Gasteiger partial charge is 0.493 e. The van der Waals surface area contributed by atoms with Gasteiger partial charge >= 0.3 is 0 Å². The van der Waals surface area contributed by atoms with Crippen molar-refractivity contribution in [3.05, 3.63) is 52.5 Å². The second kappa shape index (κ2) is 7.58. The quantitative estimate of drug-likeness (QED) is 0.698. The molecule has 0 spiro atoms. The van der Waals surface area contributed by atoms with Crippen LogP contribution < -0.4 is 19.5 Å². The van der Waals surface area contributed by atoms with Crippen LogP contribution in [0.15, 0.2) is 36.4 Å². The molecule has 2 heterocycles. The molecule has 5 nitrogen and oxygen atoms in total. The third kappa shape index (κ3) is 3.38. The van der Waals surface area contributed by atoms with Crippen LogP contribution in [0.5, 0.6) is 17.2 Å². The number of fused-ring (bicyclic) bond motifs is 4. The standard InChI is InChI=1S/C22H25ClN2O3S/c1-13-20-16-12-15(23)6-8-17(16)28-22(13,2)25(21(29)24-20)10-9-14-5-7-18(26-3)19(11-14)27-4/h5-8,11-13,20H,9-10H2,1-4H3,(H,24,29)/t13-,20+,22-/m0/s1. The first-order valence-electron chi connectivity index (χ1n) is 9.65. The van der Waals surface area contributed by atoms with E-state index in [0.717, 1.165) is 41.3 Å². The highest BCUT2D eigenvalue weighted by Crippen LogP contribution is 2.48. The van der Waals surface area contributed by atoms with E-state index in [9.17, 15) is 0 Å². The molecule has 3 atom stereocenters. The van der Waals surface area contributed by atoms with Crippen LogP contribution in [0, 0.1) is 5.92 Å². The van der Waals surface area contributed by atoms with Gasteiger partial charge in [-0.15, -0.1) is 0 Å². The summed E-state index contributed by atoms with van der Waals surface area (Å²) in [6.07, 6.45) is 0.798. The maximum absolute atomic E-state index is 6.51. The molecule has 0 unspecified atom stereocenters. The molecule has 2 aliphatic heterocycles. The fraction of sp³-hybridized carbons (Fsp3) is 0.409. The van der Waals surface area contributed by atoms with Crippen molar-refractivity contribution in [1.29, 1.82) is 0 Å². The van der Waals surface area contributed by atoms with Crippen LogP contribution in [-0.4, -0.2) is 36.5 Å². The van der Waals surface area contributed by atoms with Gasteiger partial charge in [-0.05, 0) is 61.5 Å². The van der Waals surface area contributed by atoms with Crippen LogP contribution in [0.4, 0.5) is 0 Å². The zero-order valence-electron chi connectivity index (χ0n) is 17.0. The average molecular weight is 433 g/mol. The van der Waals surface area contributed by atoms with E-state index in [1.165, 1.54) is 0 Å². The predicted molar refractivity (Wildman–Crippen MR) is 118 cm³/mol. The van der Waals surface area contributed by atoms with Crippen molar-refractivity contribution in [2.24, 2.45) is 5.92 Å². The first-order chi connectivity index (χ1) is 13.9. The van der Waals surface area contributed by atoms with Crippen LogP contribution in [0.1, 0.15) is 31.0 Å². The minimum Gasteiger partial charge on any atom is -0.493 e. The van der Waals surface area contributed by atoms with Crippen molar-refractivity contribution >= 4 is 28.9 Å². The van der Waals surface area contributed by atoms with Crippen molar-refractivity contribution in [2.45, 2.75) is 32.0 Å². The van der Waals surface area contributed by atoms with Crippen molar-refractivity contribution in [1.82, 2.24) is 10.2 Å². The summed E-state index contributed by atoms with van der Waals surface area (Å²) in [5, 5.41) is 4.90. The summed E-state index contributed by atoms with van der Waals surface area (Å²) >= 11 is 11.9. The zero-order valence-corrected chi connectivity index (χ0v) is 18.6. The van der Waals surface area contributed by atoms with Gasteiger partial charge in [0.2, 0.25) is 0 Å². The van der Waals surface area contributed by atoms with E-state index in [-0.39, 0.29) is 12.0 Å². The van der Waals surface area contributed by atoms with Gasteiger partial charge in [0.1, 0.15) is 5.75 Å². The summed E-state index contributed by atoms with van der Waals surface area (Å²) in [6.45, 7) is 5.02. The van der Waals surface area contributed by atoms with Gasteiger partial charge in [-0.25, -0.2) is 0 Å². The van der Waals surface area contributed by atoms with Gasteiger partial charge in [-0.3, -0.25) is 0 Å². The lowest BCUT2D eigenvalue weighted by atomic mass is 9.81. The lowest BCUT2D eigenvalue weighted by Crippen LogP contribution is -2.69. The molecule has 0 radical (unpaired) electrons. The van der Waals surface area contributed by atoms with Gasteiger partial charge in [-0.2, -0.15) is 0 Å². The number of methoxy groups -OCH3 is 2. The molecule has 1 fully saturated rings. The van der Waals surface area contributed by atoms with Crippen molar-refractivity contribution in [3.63, 3.8) is 0 Å². The van der Waals surface area contributed by atoms with Crippen LogP contribution in [0.25, 0.3) is 0 Å². The zero-order chi connectivity index (χ0) is 20.8. The Balaban J connectivity index is 1.59. The lowest BCUT2D eigenvalue weighted by molar-refractivity contribution is -0.110. The molecule has 2 aromatic rings. The monoisotopic (exact) mass is 432 g/mol. The Hall–Kier alpha value is -2.18. The second-order valence-electron chi connectivity index (χ2n) is 7.65. The summed E-state index contributed by atoms with van der Waals surface area (Å²) in [5.74, 6) is 2.49. The number of halogens is 1. The van der Waals surface area contributed by atoms with E-state index < -0.39 is 5.72 Å². The number of thiocarbonyl (C=S) groups is 1. The fourth-order valence-corrected chi connectivity index (χ4v) is 4.85. The topological polar surface area (TPSA) is 43.0 Å². The number of nitrogens with zero attached hydrogens (tertiary/aromatic N) is 1. The molecule has 0 aliphatic carbocycles. The highest BCUT2D eigenvalue weighted by molar-refractivity contribution is 7.80. The normalized spacial score (nSPS) is 25.0. The summed E-state index contributed by atoms with van der Waals surface area (Å²) in [4.78, 5) is 2.15. The molecule has 0 saturated carbocycles. The number of benzene rings is 2. The molecule has 2 aliphatic rings. The van der Waals surface area contributed by atoms with E-state index in [2.05, 4.69) is 30.1 Å². The first kappa shape index (κ1) is 20.1. The van der Waals surface area contributed by atoms with Crippen LogP contribution in [0.3, 0.4) is 0 Å². The van der Waals surface area contributed by atoms with Gasteiger partial charge in [0.05, 0.1) is 20.3 Å². The number of rotatable bonds is 5. The van der Waals surface area contributed by atoms with Gasteiger partial charge < -0.3 is 24.4 Å². The molecule has 2 aromatic carbocycles. The molecule has 4 rings (SSSR count). The highest BCUT2D eigenvalue weighted by atomic mass is 35.5. The van der Waals surface area contributed by atoms with Crippen LogP contribution in [0.2, 0.25) is 5.02 Å². The number of hydrogen-bond acceptors (Lipinski definition) is 4. The number of nitrogens with one attached hydrogen (secondary N) is 1. The van der Waals surface area contributed by atoms with E-state index in [1.807, 2.05) is 30.3 Å². The molecular weight excluding hydrogens is 408 g/mol. The maximum Gasteiger partial charge on any atom is 0.186 e.